The van der Waals surface area contributed by atoms with Gasteiger partial charge in [-0.25, -0.2) is 4.79 Å². The largest absolute Gasteiger partial charge is 0.480 e. The van der Waals surface area contributed by atoms with Crippen LogP contribution >= 0.6 is 27.7 Å². The average Bonchev–Trinajstić information content (AvgIpc) is 2.86. The third-order valence-electron chi connectivity index (χ3n) is 2.95. The van der Waals surface area contributed by atoms with Gasteiger partial charge < -0.3 is 10.0 Å². The van der Waals surface area contributed by atoms with Crippen LogP contribution < -0.4 is 0 Å². The van der Waals surface area contributed by atoms with Crippen molar-refractivity contribution < 1.29 is 27.9 Å². The number of halogens is 4. The van der Waals surface area contributed by atoms with Gasteiger partial charge in [0.15, 0.2) is 0 Å². The van der Waals surface area contributed by atoms with E-state index >= 15 is 0 Å². The molecule has 9 heteroatoms. The van der Waals surface area contributed by atoms with Crippen LogP contribution in [0.25, 0.3) is 0 Å². The Bertz CT molecular complexity index is 594. The maximum atomic E-state index is 12.7. The summed E-state index contributed by atoms with van der Waals surface area (Å²) in [5, 5.41) is 9.03. The second-order valence-electron chi connectivity index (χ2n) is 4.32. The Morgan fingerprint density at radius 3 is 2.62 bits per heavy atom. The zero-order chi connectivity index (χ0) is 15.8. The first-order chi connectivity index (χ1) is 9.71. The molecule has 114 valence electrons. The van der Waals surface area contributed by atoms with Crippen molar-refractivity contribution >= 4 is 39.6 Å². The Morgan fingerprint density at radius 2 is 2.05 bits per heavy atom. The number of amides is 1. The minimum absolute atomic E-state index is 0.137. The van der Waals surface area contributed by atoms with E-state index in [1.54, 1.807) is 0 Å². The SMILES string of the molecule is O=C(O)C1CSCN1C(=O)c1cc(C(F)(F)F)ccc1Br. The van der Waals surface area contributed by atoms with Gasteiger partial charge in [-0.2, -0.15) is 13.2 Å². The van der Waals surface area contributed by atoms with Crippen molar-refractivity contribution in [3.05, 3.63) is 33.8 Å². The molecule has 0 saturated carbocycles. The van der Waals surface area contributed by atoms with Crippen molar-refractivity contribution in [2.75, 3.05) is 11.6 Å². The fourth-order valence-corrected chi connectivity index (χ4v) is 3.43. The Kier molecular flexibility index (Phi) is 4.52. The number of carboxylic acid groups (broad SMARTS) is 1. The Labute approximate surface area is 130 Å². The number of carbonyl (C=O) groups is 2. The number of thioether (sulfide) groups is 1. The van der Waals surface area contributed by atoms with Crippen LogP contribution in [0, 0.1) is 0 Å². The van der Waals surface area contributed by atoms with Gasteiger partial charge in [-0.3, -0.25) is 4.79 Å². The van der Waals surface area contributed by atoms with Gasteiger partial charge in [0.25, 0.3) is 5.91 Å². The van der Waals surface area contributed by atoms with Crippen molar-refractivity contribution in [2.24, 2.45) is 0 Å². The second-order valence-corrected chi connectivity index (χ2v) is 6.18. The Balaban J connectivity index is 2.37. The molecule has 1 aromatic carbocycles. The van der Waals surface area contributed by atoms with E-state index in [0.29, 0.717) is 0 Å². The van der Waals surface area contributed by atoms with Gasteiger partial charge in [0, 0.05) is 10.2 Å². The summed E-state index contributed by atoms with van der Waals surface area (Å²) in [5.41, 5.74) is -1.15. The topological polar surface area (TPSA) is 57.6 Å². The maximum Gasteiger partial charge on any atom is 0.416 e. The molecule has 1 aromatic rings. The van der Waals surface area contributed by atoms with Crippen LogP contribution in [0.1, 0.15) is 15.9 Å². The van der Waals surface area contributed by atoms with E-state index in [2.05, 4.69) is 15.9 Å². The lowest BCUT2D eigenvalue weighted by Gasteiger charge is -2.21. The van der Waals surface area contributed by atoms with Gasteiger partial charge in [0.2, 0.25) is 0 Å². The number of nitrogens with zero attached hydrogens (tertiary/aromatic N) is 1. The molecule has 1 unspecified atom stereocenters. The van der Waals surface area contributed by atoms with E-state index in [4.69, 9.17) is 5.11 Å². The minimum Gasteiger partial charge on any atom is -0.480 e. The summed E-state index contributed by atoms with van der Waals surface area (Å²) in [7, 11) is 0. The van der Waals surface area contributed by atoms with Gasteiger partial charge in [0.1, 0.15) is 6.04 Å². The molecule has 2 rings (SSSR count). The number of hydrogen-bond donors (Lipinski definition) is 1. The molecular weight excluding hydrogens is 375 g/mol. The quantitative estimate of drug-likeness (QED) is 0.852. The summed E-state index contributed by atoms with van der Waals surface area (Å²) < 4.78 is 38.3. The van der Waals surface area contributed by atoms with Crippen molar-refractivity contribution in [3.8, 4) is 0 Å². The standard InChI is InChI=1S/C12H9BrF3NO3S/c13-8-2-1-6(12(14,15)16)3-7(8)10(18)17-5-21-4-9(17)11(19)20/h1-3,9H,4-5H2,(H,19,20). The molecule has 1 aliphatic heterocycles. The first-order valence-corrected chi connectivity index (χ1v) is 7.65. The zero-order valence-electron chi connectivity index (χ0n) is 10.4. The molecule has 1 N–H and O–H groups in total. The molecule has 1 atom stereocenters. The van der Waals surface area contributed by atoms with E-state index in [1.807, 2.05) is 0 Å². The maximum absolute atomic E-state index is 12.7. The molecule has 1 amide bonds. The van der Waals surface area contributed by atoms with Gasteiger partial charge in [-0.15, -0.1) is 11.8 Å². The molecule has 1 aliphatic rings. The third kappa shape index (κ3) is 3.34. The summed E-state index contributed by atoms with van der Waals surface area (Å²) in [6, 6.07) is 1.70. The highest BCUT2D eigenvalue weighted by atomic mass is 79.9. The van der Waals surface area contributed by atoms with E-state index < -0.39 is 29.7 Å². The number of benzene rings is 1. The average molecular weight is 384 g/mol. The molecule has 1 heterocycles. The monoisotopic (exact) mass is 383 g/mol. The highest BCUT2D eigenvalue weighted by Gasteiger charge is 2.37. The fraction of sp³-hybridized carbons (Fsp3) is 0.333. The minimum atomic E-state index is -4.57. The molecule has 4 nitrogen and oxygen atoms in total. The molecule has 0 bridgehead atoms. The molecule has 21 heavy (non-hydrogen) atoms. The summed E-state index contributed by atoms with van der Waals surface area (Å²) in [6.07, 6.45) is -4.57. The molecule has 1 fully saturated rings. The van der Waals surface area contributed by atoms with Crippen molar-refractivity contribution in [1.29, 1.82) is 0 Å². The number of hydrogen-bond acceptors (Lipinski definition) is 3. The van der Waals surface area contributed by atoms with Crippen molar-refractivity contribution in [3.63, 3.8) is 0 Å². The van der Waals surface area contributed by atoms with Crippen molar-refractivity contribution in [2.45, 2.75) is 12.2 Å². The van der Waals surface area contributed by atoms with E-state index in [-0.39, 0.29) is 21.7 Å². The summed E-state index contributed by atoms with van der Waals surface area (Å²) in [4.78, 5) is 24.4. The molecule has 0 aromatic heterocycles. The molecule has 0 radical (unpaired) electrons. The Hall–Kier alpha value is -1.22. The number of carboxylic acids is 1. The van der Waals surface area contributed by atoms with Crippen molar-refractivity contribution in [1.82, 2.24) is 4.90 Å². The molecule has 0 spiro atoms. The Morgan fingerprint density at radius 1 is 1.38 bits per heavy atom. The van der Waals surface area contributed by atoms with Gasteiger partial charge in [-0.05, 0) is 34.1 Å². The van der Waals surface area contributed by atoms with Crippen LogP contribution in [-0.4, -0.2) is 39.6 Å². The zero-order valence-corrected chi connectivity index (χ0v) is 12.8. The highest BCUT2D eigenvalue weighted by molar-refractivity contribution is 9.10. The van der Waals surface area contributed by atoms with Crippen LogP contribution in [0.5, 0.6) is 0 Å². The van der Waals surface area contributed by atoms with Crippen LogP contribution in [0.4, 0.5) is 13.2 Å². The third-order valence-corrected chi connectivity index (χ3v) is 4.66. The predicted molar refractivity (Wildman–Crippen MR) is 74.1 cm³/mol. The highest BCUT2D eigenvalue weighted by Crippen LogP contribution is 2.33. The van der Waals surface area contributed by atoms with Crippen LogP contribution in [0.3, 0.4) is 0 Å². The van der Waals surface area contributed by atoms with Crippen LogP contribution in [-0.2, 0) is 11.0 Å². The molecule has 1 saturated heterocycles. The van der Waals surface area contributed by atoms with Crippen LogP contribution in [0.15, 0.2) is 22.7 Å². The number of carbonyl (C=O) groups excluding carboxylic acids is 1. The number of alkyl halides is 3. The summed E-state index contributed by atoms with van der Waals surface area (Å²) in [6.45, 7) is 0. The van der Waals surface area contributed by atoms with E-state index in [9.17, 15) is 22.8 Å². The van der Waals surface area contributed by atoms with Gasteiger partial charge in [0.05, 0.1) is 17.0 Å². The lowest BCUT2D eigenvalue weighted by Crippen LogP contribution is -2.41. The first-order valence-electron chi connectivity index (χ1n) is 5.70. The first kappa shape index (κ1) is 16.2. The van der Waals surface area contributed by atoms with Gasteiger partial charge in [-0.1, -0.05) is 0 Å². The lowest BCUT2D eigenvalue weighted by atomic mass is 10.1. The van der Waals surface area contributed by atoms with Crippen LogP contribution in [0.2, 0.25) is 0 Å². The second kappa shape index (κ2) is 5.88. The van der Waals surface area contributed by atoms with E-state index in [0.717, 1.165) is 23.1 Å². The smallest absolute Gasteiger partial charge is 0.416 e. The normalized spacial score (nSPS) is 18.9. The summed E-state index contributed by atoms with van der Waals surface area (Å²) >= 11 is 4.28. The summed E-state index contributed by atoms with van der Waals surface area (Å²) in [5.74, 6) is -1.54. The van der Waals surface area contributed by atoms with E-state index in [1.165, 1.54) is 11.8 Å². The fourth-order valence-electron chi connectivity index (χ4n) is 1.87. The number of aliphatic carboxylic acids is 1. The molecular formula is C12H9BrF3NO3S. The predicted octanol–water partition coefficient (Wildman–Crippen LogP) is 3.07. The lowest BCUT2D eigenvalue weighted by molar-refractivity contribution is -0.141. The number of rotatable bonds is 2. The molecule has 0 aliphatic carbocycles. The van der Waals surface area contributed by atoms with Gasteiger partial charge >= 0.3 is 12.1 Å².